The van der Waals surface area contributed by atoms with Crippen molar-refractivity contribution in [3.8, 4) is 0 Å². The van der Waals surface area contributed by atoms with Gasteiger partial charge < -0.3 is 91.1 Å². The maximum Gasteiger partial charge on any atom is 0.260 e. The number of nitrogens with zero attached hydrogens (tertiary/aromatic N) is 18. The molecule has 0 radical (unpaired) electrons. The van der Waals surface area contributed by atoms with Crippen LogP contribution >= 0.6 is 0 Å². The number of aromatic nitrogens is 9. The van der Waals surface area contributed by atoms with Crippen molar-refractivity contribution in [2.75, 3.05) is 224 Å². The lowest BCUT2D eigenvalue weighted by Crippen LogP contribution is -2.46. The Bertz CT molecular complexity index is 4780. The van der Waals surface area contributed by atoms with Gasteiger partial charge in [-0.3, -0.25) is 34.1 Å². The highest BCUT2D eigenvalue weighted by Gasteiger charge is 2.23. The fraction of sp³-hybridized carbons (Fsp3) is 0.554. The number of hydrogen-bond donors (Lipinski definition) is 8. The van der Waals surface area contributed by atoms with Crippen LogP contribution in [0.25, 0.3) is 33.1 Å². The number of anilines is 6. The summed E-state index contributed by atoms with van der Waals surface area (Å²) in [4.78, 5) is 78.9. The molecule has 3 saturated heterocycles. The maximum absolute atomic E-state index is 11.6. The summed E-state index contributed by atoms with van der Waals surface area (Å²) in [5, 5.41) is 25.8. The average Bonchev–Trinajstić information content (AvgIpc) is 1.64. The second-order valence-electron chi connectivity index (χ2n) is 32.5. The quantitative estimate of drug-likeness (QED) is 0.00998. The van der Waals surface area contributed by atoms with Gasteiger partial charge in [-0.15, -0.1) is 15.5 Å². The Labute approximate surface area is 744 Å². The van der Waals surface area contributed by atoms with Gasteiger partial charge >= 0.3 is 0 Å². The fourth-order valence-corrected chi connectivity index (χ4v) is 15.9. The number of piperazine rings is 3. The van der Waals surface area contributed by atoms with Crippen molar-refractivity contribution < 1.29 is 38.3 Å². The standard InChI is InChI=1S/C33H51N9O4.C30H45N9O2.C29H44N8O2/c1-4-5-6-10-37-32-31-29(38-33(34)39-32)9-12-42(31)24-28-8-7-27(22-26(28)2)23-41-15-13-40(14-16-41)17-19-45-21-20-44-18-11-36-30(43)25-46-35-3;1-4-5-6-11-34-29-28-26(35-30(31)36-29)10-14-39(28)21-25-9-8-24(19-23(25)2)20-38-17-15-37(16-18-38)13-7-12-33-27(40)22-41-32-3;1-4-5-6-10-32-28-27-26(33-29(30)34-28)9-11-37(27)22-25-8-7-24(20-23(25)2)21-36-14-12-35(13-15-36)16-17-38-18-19-39-31-3/h7-9,12,22H,3-6,10-11,13-21,23-25H2,1-2H3,(H,36,43)(H3,34,37,38,39);8-10,14,19H,3-7,11-13,15-18,20-22H2,1-2H3,(H,33,40)(H3,31,34,35,36);7-9,11,20H,3-6,10,12-19,21-22H2,1-2H3,(H3,30,32,33,34). The Morgan fingerprint density at radius 2 is 0.690 bits per heavy atom. The van der Waals surface area contributed by atoms with Crippen molar-refractivity contribution in [3.63, 3.8) is 0 Å². The molecular formula is C92H140N26O8. The molecule has 3 aliphatic rings. The first-order valence-electron chi connectivity index (χ1n) is 45.2. The summed E-state index contributed by atoms with van der Waals surface area (Å²) < 4.78 is 23.5. The van der Waals surface area contributed by atoms with Crippen LogP contribution in [0.4, 0.5) is 35.3 Å². The van der Waals surface area contributed by atoms with E-state index in [1.54, 1.807) is 0 Å². The van der Waals surface area contributed by atoms with E-state index in [1.807, 2.05) is 18.2 Å². The van der Waals surface area contributed by atoms with Crippen LogP contribution in [0.2, 0.25) is 0 Å². The summed E-state index contributed by atoms with van der Waals surface area (Å²) >= 11 is 0. The van der Waals surface area contributed by atoms with E-state index in [4.69, 9.17) is 36.2 Å². The van der Waals surface area contributed by atoms with Gasteiger partial charge in [0.25, 0.3) is 11.8 Å². The second kappa shape index (κ2) is 53.7. The van der Waals surface area contributed by atoms with Crippen molar-refractivity contribution in [2.24, 2.45) is 15.5 Å². The molecule has 34 heteroatoms. The lowest BCUT2D eigenvalue weighted by atomic mass is 10.0. The van der Waals surface area contributed by atoms with Gasteiger partial charge in [-0.25, -0.2) is 15.0 Å². The summed E-state index contributed by atoms with van der Waals surface area (Å²) in [6.07, 6.45) is 17.6. The number of carbonyl (C=O) groups is 2. The van der Waals surface area contributed by atoms with Crippen LogP contribution in [0.1, 0.15) is 135 Å². The highest BCUT2D eigenvalue weighted by molar-refractivity contribution is 5.89. The lowest BCUT2D eigenvalue weighted by Gasteiger charge is -2.34. The molecular weight excluding hydrogens is 1600 g/mol. The van der Waals surface area contributed by atoms with Crippen molar-refractivity contribution in [2.45, 2.75) is 145 Å². The molecule has 11 N–H and O–H groups in total. The second-order valence-corrected chi connectivity index (χ2v) is 32.5. The first-order chi connectivity index (χ1) is 61.5. The molecule has 9 aromatic rings. The zero-order valence-electron chi connectivity index (χ0n) is 75.6. The van der Waals surface area contributed by atoms with E-state index in [-0.39, 0.29) is 25.0 Å². The molecule has 34 nitrogen and oxygen atoms in total. The monoisotopic (exact) mass is 1740 g/mol. The molecule has 0 spiro atoms. The highest BCUT2D eigenvalue weighted by atomic mass is 16.6. The zero-order chi connectivity index (χ0) is 89.0. The number of aryl methyl sites for hydroxylation is 3. The Balaban J connectivity index is 0.000000198. The number of nitrogen functional groups attached to an aromatic ring is 3. The molecule has 3 fully saturated rings. The number of nitrogens with one attached hydrogen (secondary N) is 5. The molecule has 3 aromatic carbocycles. The van der Waals surface area contributed by atoms with E-state index in [0.29, 0.717) is 77.2 Å². The summed E-state index contributed by atoms with van der Waals surface area (Å²) in [5.41, 5.74) is 35.4. The number of amides is 2. The molecule has 126 heavy (non-hydrogen) atoms. The van der Waals surface area contributed by atoms with Gasteiger partial charge in [-0.05, 0) is 121 Å². The largest absolute Gasteiger partial charge is 0.394 e. The van der Waals surface area contributed by atoms with Crippen LogP contribution in [0.3, 0.4) is 0 Å². The third-order valence-electron chi connectivity index (χ3n) is 23.0. The third kappa shape index (κ3) is 32.3. The Morgan fingerprint density at radius 3 is 1.03 bits per heavy atom. The number of nitrogens with two attached hydrogens (primary N) is 3. The number of rotatable bonds is 53. The Morgan fingerprint density at radius 1 is 0.365 bits per heavy atom. The van der Waals surface area contributed by atoms with Gasteiger partial charge in [0.05, 0.1) is 56.2 Å². The molecule has 0 unspecified atom stereocenters. The van der Waals surface area contributed by atoms with Crippen molar-refractivity contribution in [1.29, 1.82) is 0 Å². The average molecular weight is 1740 g/mol. The minimum Gasteiger partial charge on any atom is -0.394 e. The number of fused-ring (bicyclic) bond motifs is 3. The molecule has 9 heterocycles. The fourth-order valence-electron chi connectivity index (χ4n) is 15.9. The van der Waals surface area contributed by atoms with Crippen LogP contribution in [0, 0.1) is 20.8 Å². The smallest absolute Gasteiger partial charge is 0.260 e. The molecule has 686 valence electrons. The van der Waals surface area contributed by atoms with Gasteiger partial charge in [0.15, 0.2) is 30.7 Å². The van der Waals surface area contributed by atoms with E-state index in [0.717, 1.165) is 233 Å². The van der Waals surface area contributed by atoms with Gasteiger partial charge in [0.1, 0.15) is 23.2 Å². The number of carbonyl (C=O) groups excluding carboxylic acids is 2. The van der Waals surface area contributed by atoms with Crippen LogP contribution in [0.5, 0.6) is 0 Å². The van der Waals surface area contributed by atoms with E-state index < -0.39 is 0 Å². The van der Waals surface area contributed by atoms with Crippen LogP contribution < -0.4 is 43.8 Å². The normalized spacial score (nSPS) is 14.3. The minimum atomic E-state index is -0.249. The van der Waals surface area contributed by atoms with Gasteiger partial charge in [-0.2, -0.15) is 15.0 Å². The number of hydrogen-bond acceptors (Lipinski definition) is 29. The van der Waals surface area contributed by atoms with Gasteiger partial charge in [0.2, 0.25) is 17.8 Å². The molecule has 0 saturated carbocycles. The number of oxime groups is 3. The molecule has 6 aromatic heterocycles. The first-order valence-corrected chi connectivity index (χ1v) is 45.2. The van der Waals surface area contributed by atoms with Crippen LogP contribution in [0.15, 0.2) is 107 Å². The summed E-state index contributed by atoms with van der Waals surface area (Å²) in [6.45, 7) is 50.7. The summed E-state index contributed by atoms with van der Waals surface area (Å²) in [6, 6.07) is 26.6. The predicted octanol–water partition coefficient (Wildman–Crippen LogP) is 9.84. The molecule has 3 aliphatic heterocycles. The van der Waals surface area contributed by atoms with Crippen molar-refractivity contribution >= 4 is 100 Å². The summed E-state index contributed by atoms with van der Waals surface area (Å²) in [7, 11) is 0. The minimum absolute atomic E-state index is 0.0754. The summed E-state index contributed by atoms with van der Waals surface area (Å²) in [5.74, 6) is 2.92. The predicted molar refractivity (Wildman–Crippen MR) is 505 cm³/mol. The maximum atomic E-state index is 11.6. The topological polar surface area (TPSA) is 376 Å². The van der Waals surface area contributed by atoms with Crippen molar-refractivity contribution in [3.05, 3.63) is 141 Å². The van der Waals surface area contributed by atoms with Gasteiger partial charge in [0, 0.05) is 202 Å². The van der Waals surface area contributed by atoms with E-state index >= 15 is 0 Å². The number of unbranched alkanes of at least 4 members (excludes halogenated alkanes) is 6. The van der Waals surface area contributed by atoms with Gasteiger partial charge in [-0.1, -0.05) is 114 Å². The van der Waals surface area contributed by atoms with E-state index in [9.17, 15) is 9.59 Å². The SMILES string of the molecule is C=NOCC(=O)NCCCN1CCN(Cc2ccc(Cn3ccc4nc(N)nc(NCCCCC)c43)c(C)c2)CC1.C=NOCC(=O)NCCOCCOCCN1CCN(Cc2ccc(Cn3ccc4nc(N)nc(NCCCCC)c43)c(C)c2)CC1.C=NOCCOCCN1CCN(Cc2ccc(Cn3ccc4nc(N)nc(NCCCCC)c43)c(C)c2)CC1. The van der Waals surface area contributed by atoms with Crippen molar-refractivity contribution in [1.82, 2.24) is 83.6 Å². The Kier molecular flexibility index (Phi) is 41.6. The molecule has 12 rings (SSSR count). The van der Waals surface area contributed by atoms with Crippen LogP contribution in [-0.2, 0) is 77.6 Å². The molecule has 0 atom stereocenters. The third-order valence-corrected chi connectivity index (χ3v) is 23.0. The Hall–Kier alpha value is -10.7. The molecule has 0 aliphatic carbocycles. The number of ether oxygens (including phenoxy) is 3. The van der Waals surface area contributed by atoms with E-state index in [2.05, 4.69) is 260 Å². The number of benzene rings is 3. The van der Waals surface area contributed by atoms with Crippen LogP contribution in [-0.4, -0.2) is 295 Å². The highest BCUT2D eigenvalue weighted by Crippen LogP contribution is 2.30. The first kappa shape index (κ1) is 97.5. The molecule has 2 amide bonds. The van der Waals surface area contributed by atoms with E-state index in [1.165, 1.54) is 88.6 Å². The lowest BCUT2D eigenvalue weighted by molar-refractivity contribution is -0.126. The zero-order valence-corrected chi connectivity index (χ0v) is 75.6. The molecule has 0 bridgehead atoms.